The second-order valence-corrected chi connectivity index (χ2v) is 5.31. The average molecular weight is 322 g/mol. The largest absolute Gasteiger partial charge is 0.376 e. The number of hydrogen-bond donors (Lipinski definition) is 1. The summed E-state index contributed by atoms with van der Waals surface area (Å²) in [6, 6.07) is 8.13. The van der Waals surface area contributed by atoms with Gasteiger partial charge in [0.1, 0.15) is 5.82 Å². The Labute approximate surface area is 133 Å². The van der Waals surface area contributed by atoms with Crippen LogP contribution < -0.4 is 5.32 Å². The molecule has 1 heterocycles. The van der Waals surface area contributed by atoms with E-state index < -0.39 is 5.82 Å². The Hall–Kier alpha value is -2.14. The topological polar surface area (TPSA) is 45.2 Å². The first-order chi connectivity index (χ1) is 10.6. The van der Waals surface area contributed by atoms with Crippen LogP contribution in [0.1, 0.15) is 5.56 Å². The van der Waals surface area contributed by atoms with Gasteiger partial charge in [-0.15, -0.1) is 0 Å². The van der Waals surface area contributed by atoms with Crippen LogP contribution in [0.15, 0.2) is 42.7 Å². The van der Waals surface area contributed by atoms with Crippen LogP contribution in [0.25, 0.3) is 0 Å². The normalized spacial score (nSPS) is 10.3. The molecule has 4 nitrogen and oxygen atoms in total. The summed E-state index contributed by atoms with van der Waals surface area (Å²) in [5, 5.41) is 2.97. The van der Waals surface area contributed by atoms with Crippen LogP contribution in [-0.2, 0) is 11.2 Å². The maximum absolute atomic E-state index is 13.0. The summed E-state index contributed by atoms with van der Waals surface area (Å²) in [5.74, 6) is -0.525. The number of carbonyl (C=O) groups excluding carboxylic acids is 1. The van der Waals surface area contributed by atoms with Crippen molar-refractivity contribution in [2.24, 2.45) is 0 Å². The SMILES string of the molecule is CN(CCc1ccncc1)C(=O)CNc1ccc(F)c(Cl)c1. The van der Waals surface area contributed by atoms with Crippen LogP contribution in [0.3, 0.4) is 0 Å². The highest BCUT2D eigenvalue weighted by molar-refractivity contribution is 6.31. The van der Waals surface area contributed by atoms with Crippen molar-refractivity contribution in [3.63, 3.8) is 0 Å². The van der Waals surface area contributed by atoms with Gasteiger partial charge >= 0.3 is 0 Å². The molecule has 0 saturated heterocycles. The van der Waals surface area contributed by atoms with E-state index in [1.54, 1.807) is 30.4 Å². The minimum atomic E-state index is -0.479. The van der Waals surface area contributed by atoms with E-state index >= 15 is 0 Å². The van der Waals surface area contributed by atoms with Gasteiger partial charge in [0.25, 0.3) is 0 Å². The molecule has 1 aromatic carbocycles. The Morgan fingerprint density at radius 1 is 1.32 bits per heavy atom. The molecule has 0 atom stereocenters. The third-order valence-corrected chi connectivity index (χ3v) is 3.56. The van der Waals surface area contributed by atoms with E-state index in [9.17, 15) is 9.18 Å². The fourth-order valence-electron chi connectivity index (χ4n) is 1.89. The zero-order valence-electron chi connectivity index (χ0n) is 12.2. The molecule has 116 valence electrons. The van der Waals surface area contributed by atoms with Gasteiger partial charge in [0, 0.05) is 31.7 Å². The molecule has 1 N–H and O–H groups in total. The van der Waals surface area contributed by atoms with E-state index in [0.717, 1.165) is 12.0 Å². The Morgan fingerprint density at radius 2 is 2.05 bits per heavy atom. The Kier molecular flexibility index (Phi) is 5.72. The molecule has 1 amide bonds. The molecule has 2 rings (SSSR count). The second-order valence-electron chi connectivity index (χ2n) is 4.90. The van der Waals surface area contributed by atoms with Crippen LogP contribution in [0, 0.1) is 5.82 Å². The van der Waals surface area contributed by atoms with Gasteiger partial charge in [0.05, 0.1) is 11.6 Å². The lowest BCUT2D eigenvalue weighted by Gasteiger charge is -2.18. The molecule has 1 aromatic heterocycles. The Bertz CT molecular complexity index is 637. The van der Waals surface area contributed by atoms with E-state index in [4.69, 9.17) is 11.6 Å². The number of benzene rings is 1. The van der Waals surface area contributed by atoms with Gasteiger partial charge in [-0.25, -0.2) is 4.39 Å². The minimum Gasteiger partial charge on any atom is -0.376 e. The van der Waals surface area contributed by atoms with Gasteiger partial charge in [0.2, 0.25) is 5.91 Å². The quantitative estimate of drug-likeness (QED) is 0.889. The summed E-state index contributed by atoms with van der Waals surface area (Å²) in [6.07, 6.45) is 4.24. The van der Waals surface area contributed by atoms with Crippen LogP contribution in [0.4, 0.5) is 10.1 Å². The number of pyridine rings is 1. The highest BCUT2D eigenvalue weighted by Gasteiger charge is 2.09. The van der Waals surface area contributed by atoms with E-state index in [1.807, 2.05) is 12.1 Å². The Morgan fingerprint density at radius 3 is 2.73 bits per heavy atom. The summed E-state index contributed by atoms with van der Waals surface area (Å²) in [6.45, 7) is 0.753. The zero-order chi connectivity index (χ0) is 15.9. The van der Waals surface area contributed by atoms with E-state index in [0.29, 0.717) is 12.2 Å². The molecule has 0 radical (unpaired) electrons. The summed E-state index contributed by atoms with van der Waals surface area (Å²) >= 11 is 5.69. The van der Waals surface area contributed by atoms with Gasteiger partial charge in [0.15, 0.2) is 0 Å². The molecule has 0 bridgehead atoms. The zero-order valence-corrected chi connectivity index (χ0v) is 13.0. The second kappa shape index (κ2) is 7.75. The monoisotopic (exact) mass is 321 g/mol. The van der Waals surface area contributed by atoms with Crippen LogP contribution in [-0.4, -0.2) is 35.9 Å². The van der Waals surface area contributed by atoms with Gasteiger partial charge < -0.3 is 10.2 Å². The summed E-state index contributed by atoms with van der Waals surface area (Å²) in [7, 11) is 1.75. The number of nitrogens with one attached hydrogen (secondary N) is 1. The number of nitrogens with zero attached hydrogens (tertiary/aromatic N) is 2. The third-order valence-electron chi connectivity index (χ3n) is 3.27. The maximum Gasteiger partial charge on any atom is 0.241 e. The molecular weight excluding hydrogens is 305 g/mol. The summed E-state index contributed by atoms with van der Waals surface area (Å²) < 4.78 is 13.0. The lowest BCUT2D eigenvalue weighted by Crippen LogP contribution is -2.33. The van der Waals surface area contributed by atoms with E-state index in [-0.39, 0.29) is 17.5 Å². The van der Waals surface area contributed by atoms with Crippen LogP contribution in [0.5, 0.6) is 0 Å². The molecule has 0 spiro atoms. The van der Waals surface area contributed by atoms with Crippen molar-refractivity contribution < 1.29 is 9.18 Å². The van der Waals surface area contributed by atoms with Crippen LogP contribution in [0.2, 0.25) is 5.02 Å². The van der Waals surface area contributed by atoms with Gasteiger partial charge in [-0.2, -0.15) is 0 Å². The van der Waals surface area contributed by atoms with E-state index in [2.05, 4.69) is 10.3 Å². The number of anilines is 1. The van der Waals surface area contributed by atoms with Gasteiger partial charge in [-0.05, 0) is 42.3 Å². The van der Waals surface area contributed by atoms with Crippen molar-refractivity contribution in [1.82, 2.24) is 9.88 Å². The average Bonchev–Trinajstić information content (AvgIpc) is 2.54. The lowest BCUT2D eigenvalue weighted by atomic mass is 10.2. The van der Waals surface area contributed by atoms with Gasteiger partial charge in [-0.1, -0.05) is 11.6 Å². The first-order valence-electron chi connectivity index (χ1n) is 6.88. The lowest BCUT2D eigenvalue weighted by molar-refractivity contribution is -0.127. The highest BCUT2D eigenvalue weighted by Crippen LogP contribution is 2.19. The highest BCUT2D eigenvalue weighted by atomic mass is 35.5. The fourth-order valence-corrected chi connectivity index (χ4v) is 2.07. The smallest absolute Gasteiger partial charge is 0.241 e. The molecular formula is C16H17ClFN3O. The number of hydrogen-bond acceptors (Lipinski definition) is 3. The van der Waals surface area contributed by atoms with Crippen LogP contribution >= 0.6 is 11.6 Å². The molecule has 0 aliphatic heterocycles. The number of rotatable bonds is 6. The first kappa shape index (κ1) is 16.2. The predicted molar refractivity (Wildman–Crippen MR) is 85.5 cm³/mol. The minimum absolute atomic E-state index is 0.0310. The molecule has 0 unspecified atom stereocenters. The van der Waals surface area contributed by atoms with Crippen molar-refractivity contribution in [1.29, 1.82) is 0 Å². The standard InChI is InChI=1S/C16H17ClFN3O/c1-21(9-6-12-4-7-19-8-5-12)16(22)11-20-13-2-3-15(18)14(17)10-13/h2-5,7-8,10,20H,6,9,11H2,1H3. The first-order valence-corrected chi connectivity index (χ1v) is 7.26. The van der Waals surface area contributed by atoms with Crippen molar-refractivity contribution in [3.05, 3.63) is 59.1 Å². The fraction of sp³-hybridized carbons (Fsp3) is 0.250. The summed E-state index contributed by atoms with van der Waals surface area (Å²) in [4.78, 5) is 17.6. The summed E-state index contributed by atoms with van der Waals surface area (Å²) in [5.41, 5.74) is 1.75. The molecule has 0 aliphatic rings. The van der Waals surface area contributed by atoms with E-state index in [1.165, 1.54) is 12.1 Å². The third kappa shape index (κ3) is 4.70. The Balaban J connectivity index is 1.79. The van der Waals surface area contributed by atoms with Gasteiger partial charge in [-0.3, -0.25) is 9.78 Å². The number of amides is 1. The van der Waals surface area contributed by atoms with Crippen molar-refractivity contribution >= 4 is 23.2 Å². The predicted octanol–water partition coefficient (Wildman–Crippen LogP) is 2.99. The number of aromatic nitrogens is 1. The molecule has 22 heavy (non-hydrogen) atoms. The maximum atomic E-state index is 13.0. The van der Waals surface area contributed by atoms with Crippen molar-refractivity contribution in [2.75, 3.05) is 25.5 Å². The molecule has 0 saturated carbocycles. The molecule has 2 aromatic rings. The van der Waals surface area contributed by atoms with Crippen molar-refractivity contribution in [3.8, 4) is 0 Å². The number of likely N-dealkylation sites (N-methyl/N-ethyl adjacent to an activating group) is 1. The number of carbonyl (C=O) groups is 1. The van der Waals surface area contributed by atoms with Crippen molar-refractivity contribution in [2.45, 2.75) is 6.42 Å². The molecule has 6 heteroatoms. The number of halogens is 2. The molecule has 0 aliphatic carbocycles. The molecule has 0 fully saturated rings.